The molecule has 0 aliphatic heterocycles. The Morgan fingerprint density at radius 2 is 1.83 bits per heavy atom. The molecule has 3 aromatic carbocycles. The monoisotopic (exact) mass is 432 g/mol. The first-order valence-corrected chi connectivity index (χ1v) is 10.5. The first-order valence-electron chi connectivity index (χ1n) is 9.17. The summed E-state index contributed by atoms with van der Waals surface area (Å²) in [7, 11) is 1.64. The van der Waals surface area contributed by atoms with E-state index in [2.05, 4.69) is 16.3 Å². The molecule has 1 heterocycles. The highest BCUT2D eigenvalue weighted by atomic mass is 35.5. The summed E-state index contributed by atoms with van der Waals surface area (Å²) in [4.78, 5) is 0. The normalized spacial score (nSPS) is 10.6. The first kappa shape index (κ1) is 20.0. The minimum absolute atomic E-state index is 0.597. The topological polar surface area (TPSA) is 63.7 Å². The summed E-state index contributed by atoms with van der Waals surface area (Å²) in [5, 5.41) is 19.3. The van der Waals surface area contributed by atoms with Gasteiger partial charge in [0, 0.05) is 11.3 Å². The summed E-state index contributed by atoms with van der Waals surface area (Å²) in [6.45, 7) is 0. The van der Waals surface area contributed by atoms with Gasteiger partial charge < -0.3 is 4.74 Å². The van der Waals surface area contributed by atoms with Gasteiger partial charge in [0.2, 0.25) is 0 Å². The number of aromatic nitrogens is 3. The van der Waals surface area contributed by atoms with E-state index in [-0.39, 0.29) is 0 Å². The van der Waals surface area contributed by atoms with Crippen LogP contribution in [0, 0.1) is 11.3 Å². The van der Waals surface area contributed by atoms with Crippen molar-refractivity contribution >= 4 is 23.4 Å². The molecule has 0 bridgehead atoms. The van der Waals surface area contributed by atoms with Crippen molar-refractivity contribution in [1.29, 1.82) is 5.26 Å². The maximum absolute atomic E-state index is 9.14. The predicted octanol–water partition coefficient (Wildman–Crippen LogP) is 5.76. The molecular formula is C23H17ClN4OS. The van der Waals surface area contributed by atoms with E-state index < -0.39 is 0 Å². The van der Waals surface area contributed by atoms with Crippen LogP contribution in [0.4, 0.5) is 0 Å². The Morgan fingerprint density at radius 1 is 1.03 bits per heavy atom. The van der Waals surface area contributed by atoms with Crippen molar-refractivity contribution in [3.63, 3.8) is 0 Å². The van der Waals surface area contributed by atoms with Crippen LogP contribution >= 0.6 is 23.4 Å². The van der Waals surface area contributed by atoms with Crippen molar-refractivity contribution in [3.8, 4) is 28.9 Å². The predicted molar refractivity (Wildman–Crippen MR) is 119 cm³/mol. The van der Waals surface area contributed by atoms with Crippen LogP contribution in [0.1, 0.15) is 11.1 Å². The van der Waals surface area contributed by atoms with Crippen LogP contribution < -0.4 is 4.74 Å². The summed E-state index contributed by atoms with van der Waals surface area (Å²) in [6, 6.07) is 25.0. The second-order valence-electron chi connectivity index (χ2n) is 6.39. The van der Waals surface area contributed by atoms with Crippen LogP contribution in [-0.2, 0) is 5.75 Å². The minimum atomic E-state index is 0.597. The Morgan fingerprint density at radius 3 is 2.63 bits per heavy atom. The Bertz CT molecular complexity index is 1230. The van der Waals surface area contributed by atoms with E-state index in [9.17, 15) is 0 Å². The minimum Gasteiger partial charge on any atom is -0.495 e. The molecular weight excluding hydrogens is 416 g/mol. The largest absolute Gasteiger partial charge is 0.495 e. The molecule has 0 amide bonds. The van der Waals surface area contributed by atoms with Gasteiger partial charge in [0.25, 0.3) is 0 Å². The SMILES string of the molecule is COc1ccccc1-n1c(SCc2cccc(C#N)c2)nnc1-c1ccccc1Cl. The zero-order chi connectivity index (χ0) is 20.9. The molecule has 0 saturated carbocycles. The summed E-state index contributed by atoms with van der Waals surface area (Å²) < 4.78 is 7.54. The molecule has 4 aromatic rings. The fourth-order valence-electron chi connectivity index (χ4n) is 3.09. The highest BCUT2D eigenvalue weighted by Gasteiger charge is 2.20. The third-order valence-corrected chi connectivity index (χ3v) is 5.83. The lowest BCUT2D eigenvalue weighted by Gasteiger charge is -2.14. The number of ether oxygens (including phenoxy) is 1. The summed E-state index contributed by atoms with van der Waals surface area (Å²) in [5.74, 6) is 1.99. The summed E-state index contributed by atoms with van der Waals surface area (Å²) >= 11 is 7.99. The Kier molecular flexibility index (Phi) is 6.03. The van der Waals surface area contributed by atoms with E-state index in [4.69, 9.17) is 21.6 Å². The fourth-order valence-corrected chi connectivity index (χ4v) is 4.20. The molecule has 7 heteroatoms. The van der Waals surface area contributed by atoms with Gasteiger partial charge in [0.1, 0.15) is 5.75 Å². The standard InChI is InChI=1S/C23H17ClN4OS/c1-29-21-12-5-4-11-20(21)28-22(18-9-2-3-10-19(18)24)26-27-23(28)30-15-17-8-6-7-16(13-17)14-25/h2-13H,15H2,1H3. The molecule has 0 unspecified atom stereocenters. The van der Waals surface area contributed by atoms with E-state index in [1.54, 1.807) is 13.2 Å². The fraction of sp³-hybridized carbons (Fsp3) is 0.0870. The number of halogens is 1. The lowest BCUT2D eigenvalue weighted by Crippen LogP contribution is -2.02. The van der Waals surface area contributed by atoms with E-state index in [0.29, 0.717) is 33.1 Å². The number of thioether (sulfide) groups is 1. The van der Waals surface area contributed by atoms with Crippen LogP contribution in [-0.4, -0.2) is 21.9 Å². The molecule has 0 N–H and O–H groups in total. The van der Waals surface area contributed by atoms with Crippen molar-refractivity contribution in [2.24, 2.45) is 0 Å². The van der Waals surface area contributed by atoms with Gasteiger partial charge in [0.15, 0.2) is 11.0 Å². The number of nitrogens with zero attached hydrogens (tertiary/aromatic N) is 4. The molecule has 0 atom stereocenters. The molecule has 1 aromatic heterocycles. The van der Waals surface area contributed by atoms with Crippen molar-refractivity contribution in [2.75, 3.05) is 7.11 Å². The van der Waals surface area contributed by atoms with Crippen molar-refractivity contribution in [2.45, 2.75) is 10.9 Å². The molecule has 0 fully saturated rings. The Labute approximate surface area is 183 Å². The van der Waals surface area contributed by atoms with Crippen LogP contribution in [0.5, 0.6) is 5.75 Å². The average molecular weight is 433 g/mol. The molecule has 0 radical (unpaired) electrons. The van der Waals surface area contributed by atoms with Gasteiger partial charge in [-0.15, -0.1) is 10.2 Å². The zero-order valence-corrected chi connectivity index (χ0v) is 17.7. The third-order valence-electron chi connectivity index (χ3n) is 4.50. The molecule has 0 saturated heterocycles. The quantitative estimate of drug-likeness (QED) is 0.362. The first-order chi connectivity index (χ1) is 14.7. The van der Waals surface area contributed by atoms with Gasteiger partial charge in [0.05, 0.1) is 29.5 Å². The number of methoxy groups -OCH3 is 1. The van der Waals surface area contributed by atoms with Crippen LogP contribution in [0.15, 0.2) is 78.0 Å². The molecule has 148 valence electrons. The maximum Gasteiger partial charge on any atom is 0.196 e. The van der Waals surface area contributed by atoms with Gasteiger partial charge in [-0.1, -0.05) is 59.8 Å². The summed E-state index contributed by atoms with van der Waals surface area (Å²) in [6.07, 6.45) is 0. The maximum atomic E-state index is 9.14. The van der Waals surface area contributed by atoms with E-state index in [1.807, 2.05) is 71.3 Å². The number of nitriles is 1. The molecule has 5 nitrogen and oxygen atoms in total. The van der Waals surface area contributed by atoms with Crippen LogP contribution in [0.25, 0.3) is 17.1 Å². The lowest BCUT2D eigenvalue weighted by molar-refractivity contribution is 0.412. The van der Waals surface area contributed by atoms with Gasteiger partial charge in [-0.2, -0.15) is 5.26 Å². The number of benzene rings is 3. The van der Waals surface area contributed by atoms with Gasteiger partial charge in [-0.25, -0.2) is 0 Å². The van der Waals surface area contributed by atoms with E-state index in [1.165, 1.54) is 11.8 Å². The second-order valence-corrected chi connectivity index (χ2v) is 7.74. The highest BCUT2D eigenvalue weighted by molar-refractivity contribution is 7.98. The van der Waals surface area contributed by atoms with E-state index in [0.717, 1.165) is 16.8 Å². The average Bonchev–Trinajstić information content (AvgIpc) is 3.21. The smallest absolute Gasteiger partial charge is 0.196 e. The van der Waals surface area contributed by atoms with Crippen molar-refractivity contribution in [1.82, 2.24) is 14.8 Å². The van der Waals surface area contributed by atoms with Crippen molar-refractivity contribution < 1.29 is 4.74 Å². The summed E-state index contributed by atoms with van der Waals surface area (Å²) in [5.41, 5.74) is 3.29. The Hall–Kier alpha value is -3.27. The number of para-hydroxylation sites is 2. The van der Waals surface area contributed by atoms with Crippen LogP contribution in [0.3, 0.4) is 0 Å². The van der Waals surface area contributed by atoms with Gasteiger partial charge in [-0.05, 0) is 42.0 Å². The third kappa shape index (κ3) is 4.04. The second kappa shape index (κ2) is 9.04. The molecule has 0 aliphatic rings. The van der Waals surface area contributed by atoms with Crippen molar-refractivity contribution in [3.05, 3.63) is 88.9 Å². The van der Waals surface area contributed by atoms with E-state index >= 15 is 0 Å². The molecule has 0 aliphatic carbocycles. The molecule has 30 heavy (non-hydrogen) atoms. The van der Waals surface area contributed by atoms with Crippen LogP contribution in [0.2, 0.25) is 5.02 Å². The number of hydrogen-bond donors (Lipinski definition) is 0. The lowest BCUT2D eigenvalue weighted by atomic mass is 10.2. The Balaban J connectivity index is 1.79. The van der Waals surface area contributed by atoms with Gasteiger partial charge in [-0.3, -0.25) is 4.57 Å². The van der Waals surface area contributed by atoms with Gasteiger partial charge >= 0.3 is 0 Å². The molecule has 0 spiro atoms. The number of hydrogen-bond acceptors (Lipinski definition) is 5. The highest BCUT2D eigenvalue weighted by Crippen LogP contribution is 2.35. The zero-order valence-electron chi connectivity index (χ0n) is 16.1. The number of rotatable bonds is 6. The molecule has 4 rings (SSSR count).